The van der Waals surface area contributed by atoms with Gasteiger partial charge in [0, 0.05) is 25.5 Å². The molecule has 0 spiro atoms. The van der Waals surface area contributed by atoms with Crippen LogP contribution >= 0.6 is 11.6 Å². The van der Waals surface area contributed by atoms with Crippen LogP contribution in [0.25, 0.3) is 0 Å². The van der Waals surface area contributed by atoms with Gasteiger partial charge < -0.3 is 9.88 Å². The lowest BCUT2D eigenvalue weighted by Gasteiger charge is -2.09. The highest BCUT2D eigenvalue weighted by Crippen LogP contribution is 2.14. The molecule has 0 aliphatic rings. The number of imidazole rings is 1. The molecule has 0 aromatic carbocycles. The summed E-state index contributed by atoms with van der Waals surface area (Å²) in [6.45, 7) is 1.56. The van der Waals surface area contributed by atoms with Crippen LogP contribution in [0.3, 0.4) is 0 Å². The number of terminal acetylenes is 1. The predicted octanol–water partition coefficient (Wildman–Crippen LogP) is 1.23. The SMILES string of the molecule is C#CCn1ncc(Cl)c(NCCCn2ccnc2)c1=O. The topological polar surface area (TPSA) is 64.7 Å². The minimum atomic E-state index is -0.307. The lowest BCUT2D eigenvalue weighted by atomic mass is 10.3. The maximum absolute atomic E-state index is 12.0. The van der Waals surface area contributed by atoms with Crippen LogP contribution in [0.5, 0.6) is 0 Å². The van der Waals surface area contributed by atoms with Crippen molar-refractivity contribution in [3.05, 3.63) is 40.3 Å². The lowest BCUT2D eigenvalue weighted by Crippen LogP contribution is -2.26. The zero-order valence-corrected chi connectivity index (χ0v) is 11.5. The third kappa shape index (κ3) is 3.39. The number of nitrogens with zero attached hydrogens (tertiary/aromatic N) is 4. The molecular weight excluding hydrogens is 278 g/mol. The van der Waals surface area contributed by atoms with Gasteiger partial charge in [-0.3, -0.25) is 4.79 Å². The van der Waals surface area contributed by atoms with Gasteiger partial charge in [-0.05, 0) is 6.42 Å². The largest absolute Gasteiger partial charge is 0.379 e. The maximum atomic E-state index is 12.0. The molecule has 0 amide bonds. The smallest absolute Gasteiger partial charge is 0.292 e. The first-order chi connectivity index (χ1) is 9.72. The van der Waals surface area contributed by atoms with E-state index in [0.29, 0.717) is 17.3 Å². The summed E-state index contributed by atoms with van der Waals surface area (Å²) in [7, 11) is 0. The summed E-state index contributed by atoms with van der Waals surface area (Å²) in [5.74, 6) is 2.38. The Morgan fingerprint density at radius 2 is 2.35 bits per heavy atom. The van der Waals surface area contributed by atoms with E-state index in [0.717, 1.165) is 13.0 Å². The zero-order valence-electron chi connectivity index (χ0n) is 10.8. The average molecular weight is 292 g/mol. The Bertz CT molecular complexity index is 656. The van der Waals surface area contributed by atoms with Crippen molar-refractivity contribution in [1.29, 1.82) is 0 Å². The summed E-state index contributed by atoms with van der Waals surface area (Å²) in [4.78, 5) is 16.0. The molecule has 0 unspecified atom stereocenters. The fraction of sp³-hybridized carbons (Fsp3) is 0.308. The van der Waals surface area contributed by atoms with Gasteiger partial charge in [-0.25, -0.2) is 9.67 Å². The molecule has 0 saturated heterocycles. The highest BCUT2D eigenvalue weighted by molar-refractivity contribution is 6.32. The van der Waals surface area contributed by atoms with E-state index in [1.807, 2.05) is 10.8 Å². The van der Waals surface area contributed by atoms with Crippen LogP contribution in [0.1, 0.15) is 6.42 Å². The van der Waals surface area contributed by atoms with Crippen molar-refractivity contribution in [3.8, 4) is 12.3 Å². The third-order valence-electron chi connectivity index (χ3n) is 2.69. The molecule has 2 aromatic rings. The minimum absolute atomic E-state index is 0.125. The fourth-order valence-corrected chi connectivity index (χ4v) is 1.91. The van der Waals surface area contributed by atoms with E-state index in [1.54, 1.807) is 12.5 Å². The Kier molecular flexibility index (Phi) is 4.80. The van der Waals surface area contributed by atoms with E-state index < -0.39 is 0 Å². The van der Waals surface area contributed by atoms with Crippen molar-refractivity contribution in [1.82, 2.24) is 19.3 Å². The second-order valence-electron chi connectivity index (χ2n) is 4.12. The summed E-state index contributed by atoms with van der Waals surface area (Å²) >= 11 is 5.97. The summed E-state index contributed by atoms with van der Waals surface area (Å²) in [5, 5.41) is 7.21. The molecule has 0 aliphatic heterocycles. The first-order valence-corrected chi connectivity index (χ1v) is 6.49. The first-order valence-electron chi connectivity index (χ1n) is 6.11. The van der Waals surface area contributed by atoms with Gasteiger partial charge in [-0.1, -0.05) is 17.5 Å². The molecule has 104 valence electrons. The van der Waals surface area contributed by atoms with Crippen LogP contribution in [-0.2, 0) is 13.1 Å². The highest BCUT2D eigenvalue weighted by atomic mass is 35.5. The van der Waals surface area contributed by atoms with Crippen molar-refractivity contribution in [2.45, 2.75) is 19.5 Å². The van der Waals surface area contributed by atoms with E-state index in [-0.39, 0.29) is 12.1 Å². The summed E-state index contributed by atoms with van der Waals surface area (Å²) in [6, 6.07) is 0. The molecular formula is C13H14ClN5O. The van der Waals surface area contributed by atoms with Crippen LogP contribution in [0.4, 0.5) is 5.69 Å². The van der Waals surface area contributed by atoms with Gasteiger partial charge >= 0.3 is 0 Å². The molecule has 2 aromatic heterocycles. The van der Waals surface area contributed by atoms with Crippen LogP contribution in [0.15, 0.2) is 29.7 Å². The monoisotopic (exact) mass is 291 g/mol. The van der Waals surface area contributed by atoms with E-state index in [1.165, 1.54) is 10.9 Å². The molecule has 1 N–H and O–H groups in total. The van der Waals surface area contributed by atoms with Gasteiger partial charge in [0.25, 0.3) is 5.56 Å². The van der Waals surface area contributed by atoms with Crippen molar-refractivity contribution < 1.29 is 0 Å². The van der Waals surface area contributed by atoms with Crippen molar-refractivity contribution in [2.75, 3.05) is 11.9 Å². The Morgan fingerprint density at radius 3 is 3.05 bits per heavy atom. The van der Waals surface area contributed by atoms with Crippen LogP contribution in [0, 0.1) is 12.3 Å². The molecule has 0 aliphatic carbocycles. The van der Waals surface area contributed by atoms with E-state index >= 15 is 0 Å². The van der Waals surface area contributed by atoms with Crippen LogP contribution < -0.4 is 10.9 Å². The van der Waals surface area contributed by atoms with E-state index in [9.17, 15) is 4.79 Å². The normalized spacial score (nSPS) is 10.2. The van der Waals surface area contributed by atoms with E-state index in [2.05, 4.69) is 21.3 Å². The number of aromatic nitrogens is 4. The van der Waals surface area contributed by atoms with Crippen LogP contribution in [-0.4, -0.2) is 25.9 Å². The second-order valence-corrected chi connectivity index (χ2v) is 4.52. The van der Waals surface area contributed by atoms with E-state index in [4.69, 9.17) is 18.0 Å². The Hall–Kier alpha value is -2.26. The Morgan fingerprint density at radius 1 is 1.50 bits per heavy atom. The summed E-state index contributed by atoms with van der Waals surface area (Å²) in [6.07, 6.45) is 12.8. The molecule has 2 rings (SSSR count). The average Bonchev–Trinajstić information content (AvgIpc) is 2.94. The molecule has 20 heavy (non-hydrogen) atoms. The van der Waals surface area contributed by atoms with Gasteiger partial charge in [-0.2, -0.15) is 5.10 Å². The van der Waals surface area contributed by atoms with Gasteiger partial charge in [0.1, 0.15) is 12.2 Å². The fourth-order valence-electron chi connectivity index (χ4n) is 1.72. The second kappa shape index (κ2) is 6.78. The molecule has 0 fully saturated rings. The Balaban J connectivity index is 1.97. The number of hydrogen-bond acceptors (Lipinski definition) is 4. The van der Waals surface area contributed by atoms with Crippen molar-refractivity contribution >= 4 is 17.3 Å². The number of rotatable bonds is 6. The molecule has 0 radical (unpaired) electrons. The number of halogens is 1. The highest BCUT2D eigenvalue weighted by Gasteiger charge is 2.08. The standard InChI is InChI=1S/C13H14ClN5O/c1-2-6-19-13(20)12(11(14)9-17-19)16-4-3-7-18-8-5-15-10-18/h1,5,8-10,16H,3-4,6-7H2. The van der Waals surface area contributed by atoms with Crippen molar-refractivity contribution in [2.24, 2.45) is 0 Å². The number of hydrogen-bond donors (Lipinski definition) is 1. The van der Waals surface area contributed by atoms with Crippen LogP contribution in [0.2, 0.25) is 5.02 Å². The molecule has 0 atom stereocenters. The lowest BCUT2D eigenvalue weighted by molar-refractivity contribution is 0.651. The van der Waals surface area contributed by atoms with Gasteiger partial charge in [0.15, 0.2) is 0 Å². The number of nitrogens with one attached hydrogen (secondary N) is 1. The summed E-state index contributed by atoms with van der Waals surface area (Å²) in [5.41, 5.74) is 0.0284. The van der Waals surface area contributed by atoms with Gasteiger partial charge in [0.05, 0.1) is 17.5 Å². The number of aryl methyl sites for hydroxylation is 1. The molecule has 6 nitrogen and oxygen atoms in total. The third-order valence-corrected chi connectivity index (χ3v) is 2.98. The Labute approximate surface area is 121 Å². The molecule has 2 heterocycles. The first kappa shape index (κ1) is 14.2. The zero-order chi connectivity index (χ0) is 14.4. The molecule has 0 saturated carbocycles. The molecule has 0 bridgehead atoms. The minimum Gasteiger partial charge on any atom is -0.379 e. The number of anilines is 1. The maximum Gasteiger partial charge on any atom is 0.292 e. The van der Waals surface area contributed by atoms with Crippen molar-refractivity contribution in [3.63, 3.8) is 0 Å². The quantitative estimate of drug-likeness (QED) is 0.642. The summed E-state index contributed by atoms with van der Waals surface area (Å²) < 4.78 is 3.16. The molecule has 7 heteroatoms. The predicted molar refractivity (Wildman–Crippen MR) is 77.7 cm³/mol. The van der Waals surface area contributed by atoms with Gasteiger partial charge in [-0.15, -0.1) is 6.42 Å². The van der Waals surface area contributed by atoms with Gasteiger partial charge in [0.2, 0.25) is 0 Å².